The second kappa shape index (κ2) is 8.89. The van der Waals surface area contributed by atoms with Crippen LogP contribution >= 0.6 is 11.6 Å². The molecule has 2 aromatic heterocycles. The lowest BCUT2D eigenvalue weighted by Gasteiger charge is -2.12. The highest BCUT2D eigenvalue weighted by Crippen LogP contribution is 2.29. The molecule has 0 saturated heterocycles. The lowest BCUT2D eigenvalue weighted by molar-refractivity contribution is 0.0950. The molecule has 0 fully saturated rings. The van der Waals surface area contributed by atoms with E-state index < -0.39 is 10.0 Å². The van der Waals surface area contributed by atoms with Gasteiger partial charge < -0.3 is 14.5 Å². The smallest absolute Gasteiger partial charge is 0.262 e. The summed E-state index contributed by atoms with van der Waals surface area (Å²) in [6, 6.07) is 14.0. The third-order valence-corrected chi connectivity index (χ3v) is 6.35. The number of benzene rings is 2. The van der Waals surface area contributed by atoms with E-state index in [1.807, 2.05) is 28.9 Å². The molecule has 0 aliphatic heterocycles. The molecule has 2 aromatic carbocycles. The Morgan fingerprint density at radius 2 is 1.91 bits per heavy atom. The SMILES string of the molecule is COc1ccc(Cl)cc1NS(=O)(=O)c1ccc(C(=O)NCc2ccc3nccn3c2)cc1. The number of anilines is 1. The van der Waals surface area contributed by atoms with E-state index in [1.54, 1.807) is 18.3 Å². The number of carbonyl (C=O) groups is 1. The molecule has 0 unspecified atom stereocenters. The van der Waals surface area contributed by atoms with Crippen molar-refractivity contribution in [3.8, 4) is 5.75 Å². The molecule has 2 N–H and O–H groups in total. The third kappa shape index (κ3) is 4.68. The maximum atomic E-state index is 12.7. The monoisotopic (exact) mass is 470 g/mol. The minimum atomic E-state index is -3.90. The predicted molar refractivity (Wildman–Crippen MR) is 122 cm³/mol. The minimum absolute atomic E-state index is 0.00152. The van der Waals surface area contributed by atoms with Gasteiger partial charge in [0.25, 0.3) is 15.9 Å². The van der Waals surface area contributed by atoms with Gasteiger partial charge in [-0.2, -0.15) is 0 Å². The maximum absolute atomic E-state index is 12.7. The number of methoxy groups -OCH3 is 1. The third-order valence-electron chi connectivity index (χ3n) is 4.74. The number of amides is 1. The van der Waals surface area contributed by atoms with Crippen LogP contribution in [0.1, 0.15) is 15.9 Å². The Morgan fingerprint density at radius 1 is 1.12 bits per heavy atom. The summed E-state index contributed by atoms with van der Waals surface area (Å²) in [5.74, 6) is 0.0204. The Balaban J connectivity index is 1.44. The number of aromatic nitrogens is 2. The standard InChI is InChI=1S/C22H19ClN4O4S/c1-31-20-8-5-17(23)12-19(20)26-32(29,30)18-6-3-16(4-7-18)22(28)25-13-15-2-9-21-24-10-11-27(21)14-15/h2-12,14,26H,13H2,1H3,(H,25,28). The van der Waals surface area contributed by atoms with E-state index >= 15 is 0 Å². The van der Waals surface area contributed by atoms with Gasteiger partial charge in [-0.3, -0.25) is 9.52 Å². The van der Waals surface area contributed by atoms with Crippen LogP contribution in [0.5, 0.6) is 5.75 Å². The van der Waals surface area contributed by atoms with Crippen molar-refractivity contribution in [3.63, 3.8) is 0 Å². The van der Waals surface area contributed by atoms with Crippen molar-refractivity contribution in [2.45, 2.75) is 11.4 Å². The number of hydrogen-bond acceptors (Lipinski definition) is 5. The summed E-state index contributed by atoms with van der Waals surface area (Å²) in [4.78, 5) is 16.7. The van der Waals surface area contributed by atoms with Crippen LogP contribution < -0.4 is 14.8 Å². The van der Waals surface area contributed by atoms with Crippen molar-refractivity contribution in [1.29, 1.82) is 0 Å². The Kier molecular flexibility index (Phi) is 6.02. The van der Waals surface area contributed by atoms with Crippen LogP contribution in [0, 0.1) is 0 Å². The summed E-state index contributed by atoms with van der Waals surface area (Å²) in [5.41, 5.74) is 2.29. The molecule has 2 heterocycles. The zero-order valence-electron chi connectivity index (χ0n) is 16.9. The molecule has 0 atom stereocenters. The molecule has 0 spiro atoms. The van der Waals surface area contributed by atoms with Gasteiger partial charge in [0.2, 0.25) is 0 Å². The Bertz CT molecular complexity index is 1380. The molecular weight excluding hydrogens is 452 g/mol. The van der Waals surface area contributed by atoms with Crippen molar-refractivity contribution >= 4 is 38.9 Å². The molecule has 0 bridgehead atoms. The number of fused-ring (bicyclic) bond motifs is 1. The summed E-state index contributed by atoms with van der Waals surface area (Å²) in [5, 5.41) is 3.19. The van der Waals surface area contributed by atoms with Gasteiger partial charge in [0.15, 0.2) is 0 Å². The van der Waals surface area contributed by atoms with Crippen LogP contribution in [-0.4, -0.2) is 30.8 Å². The second-order valence-electron chi connectivity index (χ2n) is 6.89. The molecule has 0 radical (unpaired) electrons. The van der Waals surface area contributed by atoms with E-state index in [0.717, 1.165) is 11.2 Å². The number of hydrogen-bond donors (Lipinski definition) is 2. The fourth-order valence-electron chi connectivity index (χ4n) is 3.10. The lowest BCUT2D eigenvalue weighted by Crippen LogP contribution is -2.23. The number of nitrogens with zero attached hydrogens (tertiary/aromatic N) is 2. The predicted octanol–water partition coefficient (Wildman–Crippen LogP) is 3.73. The first-order valence-corrected chi connectivity index (χ1v) is 11.4. The molecule has 32 heavy (non-hydrogen) atoms. The summed E-state index contributed by atoms with van der Waals surface area (Å²) in [6.07, 6.45) is 5.41. The van der Waals surface area contributed by atoms with Crippen molar-refractivity contribution < 1.29 is 17.9 Å². The average Bonchev–Trinajstić information content (AvgIpc) is 3.25. The van der Waals surface area contributed by atoms with Crippen LogP contribution in [-0.2, 0) is 16.6 Å². The van der Waals surface area contributed by atoms with Crippen LogP contribution in [0.4, 0.5) is 5.69 Å². The van der Waals surface area contributed by atoms with E-state index in [9.17, 15) is 13.2 Å². The van der Waals surface area contributed by atoms with Gasteiger partial charge in [0.1, 0.15) is 11.4 Å². The molecular formula is C22H19ClN4O4S. The molecule has 8 nitrogen and oxygen atoms in total. The topological polar surface area (TPSA) is 102 Å². The van der Waals surface area contributed by atoms with Crippen LogP contribution in [0.25, 0.3) is 5.65 Å². The van der Waals surface area contributed by atoms with Crippen LogP contribution in [0.3, 0.4) is 0 Å². The van der Waals surface area contributed by atoms with Crippen molar-refractivity contribution in [2.75, 3.05) is 11.8 Å². The van der Waals surface area contributed by atoms with Crippen LogP contribution in [0.15, 0.2) is 78.1 Å². The van der Waals surface area contributed by atoms with Gasteiger partial charge in [-0.05, 0) is 54.1 Å². The first-order valence-electron chi connectivity index (χ1n) is 9.52. The molecule has 1 amide bonds. The number of carbonyl (C=O) groups excluding carboxylic acids is 1. The number of sulfonamides is 1. The van der Waals surface area contributed by atoms with Crippen LogP contribution in [0.2, 0.25) is 5.02 Å². The van der Waals surface area contributed by atoms with E-state index in [2.05, 4.69) is 15.0 Å². The first-order chi connectivity index (χ1) is 15.4. The largest absolute Gasteiger partial charge is 0.495 e. The molecule has 0 aliphatic carbocycles. The quantitative estimate of drug-likeness (QED) is 0.428. The number of ether oxygens (including phenoxy) is 1. The van der Waals surface area contributed by atoms with Gasteiger partial charge in [-0.15, -0.1) is 0 Å². The number of halogens is 1. The van der Waals surface area contributed by atoms with Gasteiger partial charge in [0, 0.05) is 35.7 Å². The highest BCUT2D eigenvalue weighted by atomic mass is 35.5. The molecule has 4 aromatic rings. The zero-order valence-corrected chi connectivity index (χ0v) is 18.5. The molecule has 0 aliphatic rings. The van der Waals surface area contributed by atoms with Crippen molar-refractivity contribution in [3.05, 3.63) is 89.3 Å². The highest BCUT2D eigenvalue weighted by Gasteiger charge is 2.18. The van der Waals surface area contributed by atoms with Gasteiger partial charge in [0.05, 0.1) is 17.7 Å². The molecule has 10 heteroatoms. The van der Waals surface area contributed by atoms with Gasteiger partial charge in [-0.1, -0.05) is 17.7 Å². The zero-order chi connectivity index (χ0) is 22.7. The number of pyridine rings is 1. The van der Waals surface area contributed by atoms with E-state index in [0.29, 0.717) is 22.9 Å². The molecule has 164 valence electrons. The molecule has 0 saturated carbocycles. The van der Waals surface area contributed by atoms with E-state index in [4.69, 9.17) is 16.3 Å². The highest BCUT2D eigenvalue weighted by molar-refractivity contribution is 7.92. The summed E-state index contributed by atoms with van der Waals surface area (Å²) >= 11 is 5.96. The van der Waals surface area contributed by atoms with Gasteiger partial charge >= 0.3 is 0 Å². The fourth-order valence-corrected chi connectivity index (χ4v) is 4.34. The number of imidazole rings is 1. The maximum Gasteiger partial charge on any atom is 0.262 e. The van der Waals surface area contributed by atoms with E-state index in [-0.39, 0.29) is 16.5 Å². The Hall–Kier alpha value is -3.56. The Morgan fingerprint density at radius 3 is 2.66 bits per heavy atom. The minimum Gasteiger partial charge on any atom is -0.495 e. The number of nitrogens with one attached hydrogen (secondary N) is 2. The van der Waals surface area contributed by atoms with Gasteiger partial charge in [-0.25, -0.2) is 13.4 Å². The fraction of sp³-hybridized carbons (Fsp3) is 0.0909. The number of rotatable bonds is 7. The second-order valence-corrected chi connectivity index (χ2v) is 9.01. The lowest BCUT2D eigenvalue weighted by atomic mass is 10.2. The summed E-state index contributed by atoms with van der Waals surface area (Å²) < 4.78 is 35.0. The molecule has 4 rings (SSSR count). The Labute approximate surface area is 189 Å². The average molecular weight is 471 g/mol. The first kappa shape index (κ1) is 21.7. The summed E-state index contributed by atoms with van der Waals surface area (Å²) in [6.45, 7) is 0.323. The van der Waals surface area contributed by atoms with Crippen molar-refractivity contribution in [2.24, 2.45) is 0 Å². The van der Waals surface area contributed by atoms with E-state index in [1.165, 1.54) is 37.4 Å². The normalized spacial score (nSPS) is 11.3. The van der Waals surface area contributed by atoms with Crippen molar-refractivity contribution in [1.82, 2.24) is 14.7 Å². The summed E-state index contributed by atoms with van der Waals surface area (Å²) in [7, 11) is -2.47.